The van der Waals surface area contributed by atoms with Gasteiger partial charge in [0.2, 0.25) is 10.0 Å². The molecule has 0 aliphatic heterocycles. The van der Waals surface area contributed by atoms with Crippen molar-refractivity contribution in [2.75, 3.05) is 13.6 Å². The van der Waals surface area contributed by atoms with Crippen LogP contribution in [0.5, 0.6) is 0 Å². The molecule has 0 unspecified atom stereocenters. The molecule has 1 heterocycles. The molecule has 0 atom stereocenters. The molecule has 16 heavy (non-hydrogen) atoms. The molecule has 92 valence electrons. The third-order valence-electron chi connectivity index (χ3n) is 2.32. The molecule has 0 aliphatic carbocycles. The van der Waals surface area contributed by atoms with Crippen LogP contribution in [0.25, 0.3) is 0 Å². The van der Waals surface area contributed by atoms with Gasteiger partial charge in [-0.3, -0.25) is 0 Å². The minimum absolute atomic E-state index is 0.243. The van der Waals surface area contributed by atoms with Crippen molar-refractivity contribution in [2.24, 2.45) is 0 Å². The van der Waals surface area contributed by atoms with Crippen molar-refractivity contribution < 1.29 is 8.42 Å². The molecule has 6 heteroatoms. The normalized spacial score (nSPS) is 12.3. The quantitative estimate of drug-likeness (QED) is 0.779. The number of sulfonamides is 1. The lowest BCUT2D eigenvalue weighted by atomic mass is 10.3. The number of thiophene rings is 1. The maximum atomic E-state index is 12.3. The first-order valence-corrected chi connectivity index (χ1v) is 7.89. The van der Waals surface area contributed by atoms with Gasteiger partial charge in [0.15, 0.2) is 0 Å². The van der Waals surface area contributed by atoms with E-state index >= 15 is 0 Å². The second-order valence-electron chi connectivity index (χ2n) is 3.63. The van der Waals surface area contributed by atoms with E-state index in [4.69, 9.17) is 11.6 Å². The summed E-state index contributed by atoms with van der Waals surface area (Å²) >= 11 is 7.16. The van der Waals surface area contributed by atoms with Gasteiger partial charge < -0.3 is 0 Å². The molecule has 0 aliphatic rings. The second kappa shape index (κ2) is 5.49. The molecule has 1 aromatic rings. The van der Waals surface area contributed by atoms with Crippen LogP contribution in [0.4, 0.5) is 0 Å². The van der Waals surface area contributed by atoms with E-state index in [0.717, 1.165) is 16.9 Å². The van der Waals surface area contributed by atoms with Gasteiger partial charge in [-0.1, -0.05) is 6.92 Å². The fourth-order valence-electron chi connectivity index (χ4n) is 1.52. The van der Waals surface area contributed by atoms with Gasteiger partial charge in [0, 0.05) is 18.5 Å². The molecule has 0 aromatic carbocycles. The second-order valence-corrected chi connectivity index (χ2v) is 6.84. The summed E-state index contributed by atoms with van der Waals surface area (Å²) in [6.07, 6.45) is 0.801. The first-order chi connectivity index (χ1) is 7.45. The Morgan fingerprint density at radius 3 is 2.62 bits per heavy atom. The van der Waals surface area contributed by atoms with Crippen molar-refractivity contribution in [3.8, 4) is 0 Å². The highest BCUT2D eigenvalue weighted by atomic mass is 35.5. The number of halogens is 1. The number of alkyl halides is 1. The molecule has 0 fully saturated rings. The van der Waals surface area contributed by atoms with Crippen LogP contribution in [-0.2, 0) is 15.9 Å². The summed E-state index contributed by atoms with van der Waals surface area (Å²) in [5.74, 6) is 0.243. The fraction of sp³-hybridized carbons (Fsp3) is 0.600. The van der Waals surface area contributed by atoms with Crippen molar-refractivity contribution in [1.29, 1.82) is 0 Å². The van der Waals surface area contributed by atoms with Crippen LogP contribution in [0.15, 0.2) is 10.3 Å². The molecule has 0 saturated carbocycles. The molecule has 0 radical (unpaired) electrons. The van der Waals surface area contributed by atoms with Gasteiger partial charge in [-0.15, -0.1) is 22.9 Å². The highest BCUT2D eigenvalue weighted by Gasteiger charge is 2.26. The van der Waals surface area contributed by atoms with Gasteiger partial charge in [-0.2, -0.15) is 0 Å². The Kier molecular flexibility index (Phi) is 4.79. The largest absolute Gasteiger partial charge is 0.244 e. The van der Waals surface area contributed by atoms with E-state index in [1.54, 1.807) is 14.0 Å². The Bertz CT molecular complexity index is 453. The van der Waals surface area contributed by atoms with Gasteiger partial charge in [0.05, 0.1) is 5.88 Å². The van der Waals surface area contributed by atoms with Crippen molar-refractivity contribution >= 4 is 33.0 Å². The first kappa shape index (κ1) is 14.0. The molecule has 0 N–H and O–H groups in total. The Balaban J connectivity index is 3.21. The molecule has 0 amide bonds. The van der Waals surface area contributed by atoms with Gasteiger partial charge in [0.1, 0.15) is 4.90 Å². The highest BCUT2D eigenvalue weighted by Crippen LogP contribution is 2.30. The zero-order valence-corrected chi connectivity index (χ0v) is 12.0. The topological polar surface area (TPSA) is 37.4 Å². The van der Waals surface area contributed by atoms with E-state index in [2.05, 4.69) is 0 Å². The average molecular weight is 282 g/mol. The molecule has 0 saturated heterocycles. The van der Waals surface area contributed by atoms with E-state index in [0.29, 0.717) is 11.4 Å². The number of rotatable bonds is 5. The van der Waals surface area contributed by atoms with E-state index in [1.807, 2.05) is 12.3 Å². The van der Waals surface area contributed by atoms with E-state index in [-0.39, 0.29) is 5.88 Å². The number of aryl methyl sites for hydroxylation is 1. The van der Waals surface area contributed by atoms with Gasteiger partial charge in [-0.25, -0.2) is 12.7 Å². The Labute approximate surface area is 106 Å². The maximum Gasteiger partial charge on any atom is 0.244 e. The minimum Gasteiger partial charge on any atom is -0.207 e. The van der Waals surface area contributed by atoms with Crippen LogP contribution < -0.4 is 0 Å². The summed E-state index contributed by atoms with van der Waals surface area (Å²) in [5, 5.41) is 1.84. The molecular weight excluding hydrogens is 266 g/mol. The van der Waals surface area contributed by atoms with Gasteiger partial charge in [0.25, 0.3) is 0 Å². The van der Waals surface area contributed by atoms with Crippen LogP contribution in [0, 0.1) is 6.92 Å². The Morgan fingerprint density at radius 2 is 2.12 bits per heavy atom. The third-order valence-corrected chi connectivity index (χ3v) is 6.06. The number of hydrogen-bond acceptors (Lipinski definition) is 3. The first-order valence-electron chi connectivity index (χ1n) is 5.04. The minimum atomic E-state index is -3.37. The van der Waals surface area contributed by atoms with Crippen LogP contribution >= 0.6 is 22.9 Å². The summed E-state index contributed by atoms with van der Waals surface area (Å²) in [4.78, 5) is 1.12. The van der Waals surface area contributed by atoms with Crippen LogP contribution in [0.3, 0.4) is 0 Å². The smallest absolute Gasteiger partial charge is 0.207 e. The van der Waals surface area contributed by atoms with Crippen molar-refractivity contribution in [1.82, 2.24) is 4.31 Å². The predicted molar refractivity (Wildman–Crippen MR) is 68.7 cm³/mol. The van der Waals surface area contributed by atoms with Crippen molar-refractivity contribution in [3.05, 3.63) is 15.8 Å². The molecule has 3 nitrogen and oxygen atoms in total. The lowest BCUT2D eigenvalue weighted by Gasteiger charge is -2.17. The van der Waals surface area contributed by atoms with Crippen LogP contribution in [0.2, 0.25) is 0 Å². The van der Waals surface area contributed by atoms with E-state index in [9.17, 15) is 8.42 Å². The predicted octanol–water partition coefficient (Wildman–Crippen LogP) is 2.83. The lowest BCUT2D eigenvalue weighted by molar-refractivity contribution is 0.468. The number of nitrogens with zero attached hydrogens (tertiary/aromatic N) is 1. The molecular formula is C10H16ClNO2S2. The SMILES string of the molecule is CCCN(C)S(=O)(=O)c1c(C)csc1CCl. The van der Waals surface area contributed by atoms with E-state index < -0.39 is 10.0 Å². The Hall–Kier alpha value is -0.100. The van der Waals surface area contributed by atoms with Gasteiger partial charge in [-0.05, 0) is 24.3 Å². The van der Waals surface area contributed by atoms with Crippen molar-refractivity contribution in [2.45, 2.75) is 31.0 Å². The van der Waals surface area contributed by atoms with Crippen LogP contribution in [0.1, 0.15) is 23.8 Å². The summed E-state index contributed by atoms with van der Waals surface area (Å²) in [6, 6.07) is 0. The summed E-state index contributed by atoms with van der Waals surface area (Å²) in [6.45, 7) is 4.29. The van der Waals surface area contributed by atoms with Gasteiger partial charge >= 0.3 is 0 Å². The fourth-order valence-corrected chi connectivity index (χ4v) is 4.78. The van der Waals surface area contributed by atoms with Crippen molar-refractivity contribution in [3.63, 3.8) is 0 Å². The molecule has 1 aromatic heterocycles. The zero-order chi connectivity index (χ0) is 12.3. The third kappa shape index (κ3) is 2.59. The Morgan fingerprint density at radius 1 is 1.50 bits per heavy atom. The number of hydrogen-bond donors (Lipinski definition) is 0. The molecule has 0 spiro atoms. The zero-order valence-electron chi connectivity index (χ0n) is 9.66. The average Bonchev–Trinajstić information content (AvgIpc) is 2.60. The van der Waals surface area contributed by atoms with E-state index in [1.165, 1.54) is 15.6 Å². The van der Waals surface area contributed by atoms with Crippen LogP contribution in [-0.4, -0.2) is 26.3 Å². The monoisotopic (exact) mass is 281 g/mol. The summed E-state index contributed by atoms with van der Waals surface area (Å²) in [7, 11) is -1.77. The summed E-state index contributed by atoms with van der Waals surface area (Å²) in [5.41, 5.74) is 0.781. The molecule has 0 bridgehead atoms. The highest BCUT2D eigenvalue weighted by molar-refractivity contribution is 7.89. The lowest BCUT2D eigenvalue weighted by Crippen LogP contribution is -2.28. The summed E-state index contributed by atoms with van der Waals surface area (Å²) < 4.78 is 25.9. The molecule has 1 rings (SSSR count). The maximum absolute atomic E-state index is 12.3. The standard InChI is InChI=1S/C10H16ClNO2S2/c1-4-5-12(3)16(13,14)10-8(2)7-15-9(10)6-11/h7H,4-6H2,1-3H3.